The lowest BCUT2D eigenvalue weighted by Gasteiger charge is -2.25. The number of esters is 1. The zero-order valence-electron chi connectivity index (χ0n) is 19.7. The maximum atomic E-state index is 12.1. The number of hydrogen-bond acceptors (Lipinski definition) is 4. The van der Waals surface area contributed by atoms with Crippen LogP contribution in [0.2, 0.25) is 0 Å². The number of carbonyl (C=O) groups excluding carboxylic acids is 1. The minimum Gasteiger partial charge on any atom is -0.489 e. The zero-order chi connectivity index (χ0) is 23.5. The van der Waals surface area contributed by atoms with E-state index in [1.165, 1.54) is 61.5 Å². The Balaban J connectivity index is 1.47. The molecule has 4 heteroatoms. The number of fused-ring (bicyclic) bond motifs is 1. The molecule has 0 heterocycles. The minimum absolute atomic E-state index is 0.296. The summed E-state index contributed by atoms with van der Waals surface area (Å²) in [5.41, 5.74) is 15.3. The highest BCUT2D eigenvalue weighted by atomic mass is 16.5. The van der Waals surface area contributed by atoms with E-state index in [-0.39, 0.29) is 5.97 Å². The van der Waals surface area contributed by atoms with Crippen molar-refractivity contribution < 1.29 is 14.3 Å². The molecule has 3 aromatic carbocycles. The first-order valence-electron chi connectivity index (χ1n) is 12.2. The van der Waals surface area contributed by atoms with Crippen molar-refractivity contribution in [2.24, 2.45) is 5.92 Å². The van der Waals surface area contributed by atoms with Gasteiger partial charge in [0.1, 0.15) is 12.4 Å². The van der Waals surface area contributed by atoms with Crippen LogP contribution < -0.4 is 10.5 Å². The molecule has 0 saturated heterocycles. The van der Waals surface area contributed by atoms with E-state index in [2.05, 4.69) is 24.3 Å². The molecule has 1 fully saturated rings. The molecular weight excluding hydrogens is 422 g/mol. The summed E-state index contributed by atoms with van der Waals surface area (Å²) in [5.74, 6) is 1.01. The van der Waals surface area contributed by atoms with E-state index >= 15 is 0 Å². The van der Waals surface area contributed by atoms with Gasteiger partial charge in [0.25, 0.3) is 0 Å². The number of carbonyl (C=O) groups is 1. The van der Waals surface area contributed by atoms with Gasteiger partial charge in [0.15, 0.2) is 0 Å². The van der Waals surface area contributed by atoms with Crippen LogP contribution in [0.4, 0.5) is 5.69 Å². The number of nitrogen functional groups attached to an aromatic ring is 1. The monoisotopic (exact) mass is 453 g/mol. The first kappa shape index (κ1) is 22.3. The number of ether oxygens (including phenoxy) is 2. The fourth-order valence-corrected chi connectivity index (χ4v) is 5.44. The topological polar surface area (TPSA) is 61.5 Å². The highest BCUT2D eigenvalue weighted by Gasteiger charge is 2.30. The van der Waals surface area contributed by atoms with Gasteiger partial charge in [0.05, 0.1) is 12.7 Å². The SMILES string of the molecule is COC(=O)c1ccc2c(c1)CC(c1ccc(OCc3ccccc3)cc1N)=C2C1CCCCC1. The average Bonchev–Trinajstić information content (AvgIpc) is 3.26. The Hall–Kier alpha value is -3.53. The first-order chi connectivity index (χ1) is 16.6. The van der Waals surface area contributed by atoms with Gasteiger partial charge in [-0.2, -0.15) is 0 Å². The lowest BCUT2D eigenvalue weighted by molar-refractivity contribution is 0.0600. The van der Waals surface area contributed by atoms with Crippen LogP contribution in [-0.4, -0.2) is 13.1 Å². The number of allylic oxidation sites excluding steroid dienone is 2. The molecule has 2 aliphatic rings. The molecular formula is C30H31NO3. The third-order valence-electron chi connectivity index (χ3n) is 7.12. The molecule has 0 amide bonds. The second-order valence-corrected chi connectivity index (χ2v) is 9.29. The molecule has 0 aliphatic heterocycles. The number of hydrogen-bond donors (Lipinski definition) is 1. The molecule has 0 aromatic heterocycles. The smallest absolute Gasteiger partial charge is 0.337 e. The van der Waals surface area contributed by atoms with Gasteiger partial charge in [-0.25, -0.2) is 4.79 Å². The summed E-state index contributed by atoms with van der Waals surface area (Å²) in [5, 5.41) is 0. The van der Waals surface area contributed by atoms with Crippen LogP contribution in [0.5, 0.6) is 5.75 Å². The Kier molecular flexibility index (Phi) is 6.39. The molecule has 1 saturated carbocycles. The van der Waals surface area contributed by atoms with Crippen molar-refractivity contribution in [2.45, 2.75) is 45.1 Å². The molecule has 34 heavy (non-hydrogen) atoms. The van der Waals surface area contributed by atoms with E-state index in [0.717, 1.165) is 29.0 Å². The average molecular weight is 454 g/mol. The molecule has 3 aromatic rings. The summed E-state index contributed by atoms with van der Waals surface area (Å²) in [6.45, 7) is 0.511. The van der Waals surface area contributed by atoms with Crippen LogP contribution >= 0.6 is 0 Å². The predicted octanol–water partition coefficient (Wildman–Crippen LogP) is 6.68. The molecule has 0 bridgehead atoms. The van der Waals surface area contributed by atoms with Crippen molar-refractivity contribution in [3.05, 3.63) is 94.5 Å². The van der Waals surface area contributed by atoms with Gasteiger partial charge in [0, 0.05) is 17.3 Å². The number of benzene rings is 3. The fourth-order valence-electron chi connectivity index (χ4n) is 5.44. The molecule has 174 valence electrons. The van der Waals surface area contributed by atoms with Gasteiger partial charge >= 0.3 is 5.97 Å². The van der Waals surface area contributed by atoms with Gasteiger partial charge in [-0.1, -0.05) is 55.7 Å². The lowest BCUT2D eigenvalue weighted by atomic mass is 9.79. The molecule has 2 N–H and O–H groups in total. The van der Waals surface area contributed by atoms with Gasteiger partial charge < -0.3 is 15.2 Å². The summed E-state index contributed by atoms with van der Waals surface area (Å²) in [4.78, 5) is 12.1. The number of anilines is 1. The van der Waals surface area contributed by atoms with Crippen molar-refractivity contribution in [1.29, 1.82) is 0 Å². The van der Waals surface area contributed by atoms with Gasteiger partial charge in [-0.15, -0.1) is 0 Å². The summed E-state index contributed by atoms with van der Waals surface area (Å²) in [6.07, 6.45) is 7.02. The summed E-state index contributed by atoms with van der Waals surface area (Å²) >= 11 is 0. The largest absolute Gasteiger partial charge is 0.489 e. The fraction of sp³-hybridized carbons (Fsp3) is 0.300. The summed E-state index contributed by atoms with van der Waals surface area (Å²) in [7, 11) is 1.43. The molecule has 4 nitrogen and oxygen atoms in total. The van der Waals surface area contributed by atoms with Crippen LogP contribution in [0.3, 0.4) is 0 Å². The quantitative estimate of drug-likeness (QED) is 0.334. The molecule has 0 unspecified atom stereocenters. The Morgan fingerprint density at radius 3 is 2.44 bits per heavy atom. The number of nitrogens with two attached hydrogens (primary N) is 1. The third-order valence-corrected chi connectivity index (χ3v) is 7.12. The standard InChI is InChI=1S/C30H31NO3/c1-33-30(32)22-12-14-25-23(16-22)17-27(29(25)21-10-6-3-7-11-21)26-15-13-24(18-28(26)31)34-19-20-8-4-2-5-9-20/h2,4-5,8-9,12-16,18,21H,3,6-7,10-11,17,19,31H2,1H3. The predicted molar refractivity (Wildman–Crippen MR) is 137 cm³/mol. The summed E-state index contributed by atoms with van der Waals surface area (Å²) < 4.78 is 11.0. The molecule has 0 radical (unpaired) electrons. The minimum atomic E-state index is -0.296. The van der Waals surface area contributed by atoms with E-state index in [1.807, 2.05) is 42.5 Å². The van der Waals surface area contributed by atoms with Crippen LogP contribution in [0, 0.1) is 5.92 Å². The second-order valence-electron chi connectivity index (χ2n) is 9.29. The van der Waals surface area contributed by atoms with E-state index in [4.69, 9.17) is 15.2 Å². The number of rotatable bonds is 6. The van der Waals surface area contributed by atoms with Crippen LogP contribution in [-0.2, 0) is 17.8 Å². The van der Waals surface area contributed by atoms with Crippen LogP contribution in [0.25, 0.3) is 11.1 Å². The van der Waals surface area contributed by atoms with E-state index in [0.29, 0.717) is 18.1 Å². The Bertz CT molecular complexity index is 1220. The zero-order valence-corrected chi connectivity index (χ0v) is 19.7. The maximum Gasteiger partial charge on any atom is 0.337 e. The van der Waals surface area contributed by atoms with Crippen molar-refractivity contribution in [3.8, 4) is 5.75 Å². The third kappa shape index (κ3) is 4.45. The maximum absolute atomic E-state index is 12.1. The molecule has 0 spiro atoms. The van der Waals surface area contributed by atoms with Gasteiger partial charge in [0.2, 0.25) is 0 Å². The molecule has 5 rings (SSSR count). The van der Waals surface area contributed by atoms with E-state index < -0.39 is 0 Å². The van der Waals surface area contributed by atoms with Gasteiger partial charge in [-0.3, -0.25) is 0 Å². The van der Waals surface area contributed by atoms with Crippen LogP contribution in [0.1, 0.15) is 64.7 Å². The lowest BCUT2D eigenvalue weighted by Crippen LogP contribution is -2.09. The molecule has 0 atom stereocenters. The van der Waals surface area contributed by atoms with E-state index in [9.17, 15) is 4.79 Å². The molecule has 2 aliphatic carbocycles. The summed E-state index contributed by atoms with van der Waals surface area (Å²) in [6, 6.07) is 22.2. The van der Waals surface area contributed by atoms with Crippen molar-refractivity contribution >= 4 is 22.8 Å². The first-order valence-corrected chi connectivity index (χ1v) is 12.2. The van der Waals surface area contributed by atoms with Crippen molar-refractivity contribution in [1.82, 2.24) is 0 Å². The number of methoxy groups -OCH3 is 1. The van der Waals surface area contributed by atoms with Crippen molar-refractivity contribution in [2.75, 3.05) is 12.8 Å². The highest BCUT2D eigenvalue weighted by Crippen LogP contribution is 2.48. The van der Waals surface area contributed by atoms with Gasteiger partial charge in [-0.05, 0) is 77.3 Å². The Labute approximate surface area is 201 Å². The highest BCUT2D eigenvalue weighted by molar-refractivity contribution is 6.01. The Morgan fingerprint density at radius 2 is 1.71 bits per heavy atom. The van der Waals surface area contributed by atoms with E-state index in [1.54, 1.807) is 0 Å². The van der Waals surface area contributed by atoms with Crippen molar-refractivity contribution in [3.63, 3.8) is 0 Å². The Morgan fingerprint density at radius 1 is 0.941 bits per heavy atom. The normalized spacial score (nSPS) is 15.8. The second kappa shape index (κ2) is 9.76. The van der Waals surface area contributed by atoms with Crippen LogP contribution in [0.15, 0.2) is 66.7 Å².